The predicted molar refractivity (Wildman–Crippen MR) is 92.0 cm³/mol. The molecule has 1 aliphatic carbocycles. The summed E-state index contributed by atoms with van der Waals surface area (Å²) in [5.74, 6) is 0.702. The molecule has 1 aromatic heterocycles. The van der Waals surface area contributed by atoms with Gasteiger partial charge in [-0.15, -0.1) is 0 Å². The molecule has 0 aliphatic heterocycles. The Bertz CT molecular complexity index is 458. The molecule has 0 bridgehead atoms. The number of pyridine rings is 1. The topological polar surface area (TPSA) is 28.2 Å². The van der Waals surface area contributed by atoms with E-state index in [9.17, 15) is 0 Å². The Morgan fingerprint density at radius 2 is 2.38 bits per heavy atom. The van der Waals surface area contributed by atoms with Crippen LogP contribution in [0.2, 0.25) is 0 Å². The van der Waals surface area contributed by atoms with Crippen molar-refractivity contribution < 1.29 is 0 Å². The normalized spacial score (nSPS) is 17.5. The minimum absolute atomic E-state index is 0.702. The average molecular weight is 303 g/mol. The van der Waals surface area contributed by atoms with Crippen LogP contribution in [-0.2, 0) is 6.54 Å². The molecule has 0 aromatic carbocycles. The molecule has 114 valence electrons. The summed E-state index contributed by atoms with van der Waals surface area (Å²) in [6.45, 7) is 4.96. The monoisotopic (exact) mass is 303 g/mol. The maximum Gasteiger partial charge on any atom is 0.169 e. The molecule has 1 heterocycles. The Hall–Kier alpha value is -1.42. The Labute approximate surface area is 133 Å². The van der Waals surface area contributed by atoms with E-state index in [-0.39, 0.29) is 0 Å². The third-order valence-corrected chi connectivity index (χ3v) is 4.17. The van der Waals surface area contributed by atoms with Crippen LogP contribution < -0.4 is 5.32 Å². The van der Waals surface area contributed by atoms with Gasteiger partial charge in [0.05, 0.1) is 0 Å². The number of aromatic nitrogens is 1. The number of thiocarbonyl (C=S) groups is 1. The zero-order valence-corrected chi connectivity index (χ0v) is 13.6. The summed E-state index contributed by atoms with van der Waals surface area (Å²) in [6, 6.07) is 4.10. The lowest BCUT2D eigenvalue weighted by molar-refractivity contribution is 0.312. The van der Waals surface area contributed by atoms with Crippen LogP contribution in [0.15, 0.2) is 36.7 Å². The highest BCUT2D eigenvalue weighted by Gasteiger charge is 2.17. The highest BCUT2D eigenvalue weighted by molar-refractivity contribution is 7.80. The molecule has 0 spiro atoms. The van der Waals surface area contributed by atoms with E-state index in [0.717, 1.165) is 31.2 Å². The minimum atomic E-state index is 0.702. The van der Waals surface area contributed by atoms with Crippen LogP contribution >= 0.6 is 12.2 Å². The summed E-state index contributed by atoms with van der Waals surface area (Å²) in [4.78, 5) is 6.50. The Morgan fingerprint density at radius 1 is 1.48 bits per heavy atom. The first kappa shape index (κ1) is 16.0. The Kier molecular flexibility index (Phi) is 6.67. The van der Waals surface area contributed by atoms with E-state index >= 15 is 0 Å². The van der Waals surface area contributed by atoms with E-state index in [4.69, 9.17) is 12.2 Å². The Balaban J connectivity index is 1.98. The molecule has 1 aromatic rings. The van der Waals surface area contributed by atoms with Crippen molar-refractivity contribution in [3.8, 4) is 0 Å². The zero-order valence-electron chi connectivity index (χ0n) is 12.8. The highest BCUT2D eigenvalue weighted by Crippen LogP contribution is 2.20. The lowest BCUT2D eigenvalue weighted by Crippen LogP contribution is -2.42. The molecular weight excluding hydrogens is 278 g/mol. The van der Waals surface area contributed by atoms with Gasteiger partial charge in [-0.1, -0.05) is 25.1 Å². The summed E-state index contributed by atoms with van der Waals surface area (Å²) in [6.07, 6.45) is 13.0. The number of nitrogens with one attached hydrogen (secondary N) is 1. The SMILES string of the molecule is CCCNC(=S)N(Cc1cccnc1)C[C@H]1CC=CCC1. The zero-order chi connectivity index (χ0) is 14.9. The van der Waals surface area contributed by atoms with Crippen molar-refractivity contribution in [3.05, 3.63) is 42.2 Å². The van der Waals surface area contributed by atoms with E-state index in [1.165, 1.54) is 24.8 Å². The molecule has 0 unspecified atom stereocenters. The van der Waals surface area contributed by atoms with E-state index in [1.54, 1.807) is 0 Å². The van der Waals surface area contributed by atoms with Gasteiger partial charge >= 0.3 is 0 Å². The second kappa shape index (κ2) is 8.78. The van der Waals surface area contributed by atoms with Crippen LogP contribution in [0.5, 0.6) is 0 Å². The summed E-state index contributed by atoms with van der Waals surface area (Å²) in [7, 11) is 0. The van der Waals surface area contributed by atoms with Crippen molar-refractivity contribution in [1.29, 1.82) is 0 Å². The maximum absolute atomic E-state index is 5.58. The van der Waals surface area contributed by atoms with Gasteiger partial charge in [0.25, 0.3) is 0 Å². The van der Waals surface area contributed by atoms with Gasteiger partial charge in [-0.3, -0.25) is 4.98 Å². The molecule has 1 N–H and O–H groups in total. The predicted octanol–water partition coefficient (Wildman–Crippen LogP) is 3.52. The van der Waals surface area contributed by atoms with Crippen molar-refractivity contribution >= 4 is 17.3 Å². The van der Waals surface area contributed by atoms with E-state index in [2.05, 4.69) is 40.3 Å². The van der Waals surface area contributed by atoms with Gasteiger partial charge in [0.2, 0.25) is 0 Å². The van der Waals surface area contributed by atoms with Crippen LogP contribution in [-0.4, -0.2) is 28.1 Å². The molecule has 21 heavy (non-hydrogen) atoms. The first-order chi connectivity index (χ1) is 10.3. The second-order valence-corrected chi connectivity index (χ2v) is 6.01. The van der Waals surface area contributed by atoms with Gasteiger partial charge in [-0.05, 0) is 55.4 Å². The van der Waals surface area contributed by atoms with Crippen molar-refractivity contribution in [1.82, 2.24) is 15.2 Å². The fraction of sp³-hybridized carbons (Fsp3) is 0.529. The maximum atomic E-state index is 5.58. The van der Waals surface area contributed by atoms with E-state index in [0.29, 0.717) is 5.92 Å². The first-order valence-electron chi connectivity index (χ1n) is 7.86. The number of allylic oxidation sites excluding steroid dienone is 2. The van der Waals surface area contributed by atoms with Gasteiger partial charge in [-0.25, -0.2) is 0 Å². The second-order valence-electron chi connectivity index (χ2n) is 5.62. The summed E-state index contributed by atoms with van der Waals surface area (Å²) in [5.41, 5.74) is 1.21. The fourth-order valence-electron chi connectivity index (χ4n) is 2.61. The standard InChI is InChI=1S/C17H25N3S/c1-2-10-19-17(21)20(13-15-7-4-3-5-8-15)14-16-9-6-11-18-12-16/h3-4,6,9,11-12,15H,2,5,7-8,10,13-14H2,1H3,(H,19,21)/t15-/m0/s1. The van der Waals surface area contributed by atoms with Crippen molar-refractivity contribution in [2.24, 2.45) is 5.92 Å². The largest absolute Gasteiger partial charge is 0.363 e. The molecule has 4 heteroatoms. The van der Waals surface area contributed by atoms with Crippen LogP contribution in [0.25, 0.3) is 0 Å². The molecule has 0 saturated carbocycles. The lowest BCUT2D eigenvalue weighted by Gasteiger charge is -2.30. The number of rotatable bonds is 6. The molecule has 2 rings (SSSR count). The third-order valence-electron chi connectivity index (χ3n) is 3.77. The summed E-state index contributed by atoms with van der Waals surface area (Å²) < 4.78 is 0. The molecule has 0 radical (unpaired) electrons. The number of hydrogen-bond donors (Lipinski definition) is 1. The van der Waals surface area contributed by atoms with Crippen molar-refractivity contribution in [2.45, 2.75) is 39.2 Å². The van der Waals surface area contributed by atoms with Crippen LogP contribution in [0, 0.1) is 5.92 Å². The van der Waals surface area contributed by atoms with Crippen LogP contribution in [0.4, 0.5) is 0 Å². The van der Waals surface area contributed by atoms with E-state index < -0.39 is 0 Å². The summed E-state index contributed by atoms with van der Waals surface area (Å²) >= 11 is 5.58. The van der Waals surface area contributed by atoms with Gasteiger partial charge < -0.3 is 10.2 Å². The lowest BCUT2D eigenvalue weighted by atomic mass is 9.94. The first-order valence-corrected chi connectivity index (χ1v) is 8.27. The van der Waals surface area contributed by atoms with Gasteiger partial charge in [0.15, 0.2) is 5.11 Å². The quantitative estimate of drug-likeness (QED) is 0.643. The third kappa shape index (κ3) is 5.46. The molecule has 0 fully saturated rings. The minimum Gasteiger partial charge on any atom is -0.363 e. The van der Waals surface area contributed by atoms with Gasteiger partial charge in [0, 0.05) is 32.0 Å². The van der Waals surface area contributed by atoms with Crippen molar-refractivity contribution in [3.63, 3.8) is 0 Å². The average Bonchev–Trinajstić information content (AvgIpc) is 2.54. The molecular formula is C17H25N3S. The number of hydrogen-bond acceptors (Lipinski definition) is 2. The number of nitrogens with zero attached hydrogens (tertiary/aromatic N) is 2. The smallest absolute Gasteiger partial charge is 0.169 e. The van der Waals surface area contributed by atoms with Gasteiger partial charge in [0.1, 0.15) is 0 Å². The van der Waals surface area contributed by atoms with Crippen LogP contribution in [0.1, 0.15) is 38.2 Å². The van der Waals surface area contributed by atoms with Crippen molar-refractivity contribution in [2.75, 3.05) is 13.1 Å². The Morgan fingerprint density at radius 3 is 3.05 bits per heavy atom. The molecule has 1 aliphatic rings. The molecule has 3 nitrogen and oxygen atoms in total. The fourth-order valence-corrected chi connectivity index (χ4v) is 2.85. The van der Waals surface area contributed by atoms with Crippen LogP contribution in [0.3, 0.4) is 0 Å². The summed E-state index contributed by atoms with van der Waals surface area (Å²) in [5, 5.41) is 4.23. The molecule has 0 saturated heterocycles. The highest BCUT2D eigenvalue weighted by atomic mass is 32.1. The molecule has 0 amide bonds. The molecule has 1 atom stereocenters. The van der Waals surface area contributed by atoms with Gasteiger partial charge in [-0.2, -0.15) is 0 Å². The van der Waals surface area contributed by atoms with E-state index in [1.807, 2.05) is 18.5 Å².